The molecule has 1 amide bonds. The number of carbonyl (C=O) groups excluding carboxylic acids is 1. The Morgan fingerprint density at radius 2 is 1.82 bits per heavy atom. The summed E-state index contributed by atoms with van der Waals surface area (Å²) in [6, 6.07) is 10.8. The predicted molar refractivity (Wildman–Crippen MR) is 84.9 cm³/mol. The van der Waals surface area contributed by atoms with Gasteiger partial charge in [-0.15, -0.1) is 0 Å². The number of nitrogens with one attached hydrogen (secondary N) is 1. The third-order valence-electron chi connectivity index (χ3n) is 2.74. The molecule has 2 N–H and O–H groups in total. The van der Waals surface area contributed by atoms with Crippen molar-refractivity contribution in [1.29, 1.82) is 0 Å². The molecule has 0 unspecified atom stereocenters. The van der Waals surface area contributed by atoms with Crippen LogP contribution in [-0.4, -0.2) is 23.2 Å². The van der Waals surface area contributed by atoms with Crippen LogP contribution in [0, 0.1) is 0 Å². The Morgan fingerprint density at radius 1 is 1.09 bits per heavy atom. The number of carbonyl (C=O) groups is 2. The van der Waals surface area contributed by atoms with Crippen LogP contribution in [0.25, 0.3) is 0 Å². The van der Waals surface area contributed by atoms with Crippen LogP contribution >= 0.6 is 23.2 Å². The van der Waals surface area contributed by atoms with Crippen molar-refractivity contribution in [1.82, 2.24) is 5.43 Å². The molecule has 2 aromatic carbocycles. The third kappa shape index (κ3) is 3.84. The number of benzene rings is 2. The fraction of sp³-hybridized carbons (Fsp3) is 0. The summed E-state index contributed by atoms with van der Waals surface area (Å²) in [7, 11) is 0. The van der Waals surface area contributed by atoms with Crippen molar-refractivity contribution in [2.75, 3.05) is 0 Å². The second-order valence-electron chi connectivity index (χ2n) is 4.22. The standard InChI is InChI=1S/C15H10Cl2N2O3/c16-10-5-6-12(13(17)7-10)14(20)19-18-8-9-3-1-2-4-11(9)15(21)22/h1-8H,(H,19,20)(H,21,22). The lowest BCUT2D eigenvalue weighted by molar-refractivity contribution is 0.0696. The van der Waals surface area contributed by atoms with Gasteiger partial charge < -0.3 is 5.11 Å². The van der Waals surface area contributed by atoms with Crippen molar-refractivity contribution >= 4 is 41.3 Å². The molecule has 0 bridgehead atoms. The SMILES string of the molecule is O=C(NN=Cc1ccccc1C(=O)O)c1ccc(Cl)cc1Cl. The third-order valence-corrected chi connectivity index (χ3v) is 3.28. The predicted octanol–water partition coefficient (Wildman–Crippen LogP) is 3.46. The molecule has 0 spiro atoms. The van der Waals surface area contributed by atoms with E-state index in [2.05, 4.69) is 10.5 Å². The van der Waals surface area contributed by atoms with Gasteiger partial charge in [-0.05, 0) is 24.3 Å². The fourth-order valence-electron chi connectivity index (χ4n) is 1.70. The Morgan fingerprint density at radius 3 is 2.50 bits per heavy atom. The first-order chi connectivity index (χ1) is 10.5. The highest BCUT2D eigenvalue weighted by Gasteiger charge is 2.10. The Bertz CT molecular complexity index is 760. The summed E-state index contributed by atoms with van der Waals surface area (Å²) < 4.78 is 0. The molecule has 0 saturated heterocycles. The van der Waals surface area contributed by atoms with E-state index in [1.54, 1.807) is 18.2 Å². The number of halogens is 2. The van der Waals surface area contributed by atoms with Gasteiger partial charge in [-0.25, -0.2) is 10.2 Å². The molecule has 0 aliphatic carbocycles. The van der Waals surface area contributed by atoms with Crippen molar-refractivity contribution in [2.24, 2.45) is 5.10 Å². The molecule has 22 heavy (non-hydrogen) atoms. The lowest BCUT2D eigenvalue weighted by atomic mass is 10.1. The summed E-state index contributed by atoms with van der Waals surface area (Å²) in [6.07, 6.45) is 1.26. The van der Waals surface area contributed by atoms with Gasteiger partial charge in [-0.2, -0.15) is 5.10 Å². The minimum Gasteiger partial charge on any atom is -0.478 e. The van der Waals surface area contributed by atoms with Crippen LogP contribution in [0.5, 0.6) is 0 Å². The first-order valence-electron chi connectivity index (χ1n) is 6.10. The molecule has 2 rings (SSSR count). The second kappa shape index (κ2) is 7.06. The van der Waals surface area contributed by atoms with Gasteiger partial charge in [0.15, 0.2) is 0 Å². The van der Waals surface area contributed by atoms with Gasteiger partial charge in [-0.1, -0.05) is 41.4 Å². The normalized spacial score (nSPS) is 10.6. The van der Waals surface area contributed by atoms with Gasteiger partial charge >= 0.3 is 5.97 Å². The van der Waals surface area contributed by atoms with Crippen molar-refractivity contribution in [2.45, 2.75) is 0 Å². The van der Waals surface area contributed by atoms with E-state index in [1.165, 1.54) is 30.5 Å². The Kier molecular flexibility index (Phi) is 5.14. The molecule has 112 valence electrons. The number of amides is 1. The number of carboxylic acids is 1. The van der Waals surface area contributed by atoms with Crippen molar-refractivity contribution < 1.29 is 14.7 Å². The van der Waals surface area contributed by atoms with Crippen LogP contribution in [0.3, 0.4) is 0 Å². The lowest BCUT2D eigenvalue weighted by Crippen LogP contribution is -2.18. The summed E-state index contributed by atoms with van der Waals surface area (Å²) in [5.41, 5.74) is 2.96. The van der Waals surface area contributed by atoms with E-state index in [1.807, 2.05) is 0 Å². The average Bonchev–Trinajstić information content (AvgIpc) is 2.47. The Hall–Kier alpha value is -2.37. The van der Waals surface area contributed by atoms with Gasteiger partial charge in [-0.3, -0.25) is 4.79 Å². The molecule has 7 heteroatoms. The first kappa shape index (κ1) is 16.0. The van der Waals surface area contributed by atoms with Gasteiger partial charge in [0.2, 0.25) is 0 Å². The minimum atomic E-state index is -1.07. The molecule has 0 aliphatic heterocycles. The van der Waals surface area contributed by atoms with E-state index in [0.29, 0.717) is 10.6 Å². The fourth-order valence-corrected chi connectivity index (χ4v) is 2.19. The molecule has 2 aromatic rings. The Balaban J connectivity index is 2.13. The lowest BCUT2D eigenvalue weighted by Gasteiger charge is -2.03. The number of hydrogen-bond acceptors (Lipinski definition) is 3. The molecule has 0 aromatic heterocycles. The minimum absolute atomic E-state index is 0.0880. The van der Waals surface area contributed by atoms with E-state index in [-0.39, 0.29) is 16.1 Å². The second-order valence-corrected chi connectivity index (χ2v) is 5.06. The number of aromatic carboxylic acids is 1. The van der Waals surface area contributed by atoms with Crippen molar-refractivity contribution in [3.05, 3.63) is 69.2 Å². The van der Waals surface area contributed by atoms with Crippen LogP contribution in [0.4, 0.5) is 0 Å². The van der Waals surface area contributed by atoms with Gasteiger partial charge in [0.1, 0.15) is 0 Å². The summed E-state index contributed by atoms with van der Waals surface area (Å²) in [5, 5.41) is 13.4. The zero-order chi connectivity index (χ0) is 16.1. The highest BCUT2D eigenvalue weighted by atomic mass is 35.5. The van der Waals surface area contributed by atoms with E-state index < -0.39 is 11.9 Å². The number of carboxylic acid groups (broad SMARTS) is 1. The molecule has 0 saturated carbocycles. The van der Waals surface area contributed by atoms with Crippen LogP contribution in [0.15, 0.2) is 47.6 Å². The topological polar surface area (TPSA) is 78.8 Å². The summed E-state index contributed by atoms with van der Waals surface area (Å²) in [4.78, 5) is 23.0. The number of rotatable bonds is 4. The average molecular weight is 337 g/mol. The van der Waals surface area contributed by atoms with E-state index in [4.69, 9.17) is 28.3 Å². The van der Waals surface area contributed by atoms with Gasteiger partial charge in [0, 0.05) is 10.6 Å². The quantitative estimate of drug-likeness (QED) is 0.662. The largest absolute Gasteiger partial charge is 0.478 e. The van der Waals surface area contributed by atoms with Crippen molar-refractivity contribution in [3.8, 4) is 0 Å². The highest BCUT2D eigenvalue weighted by Crippen LogP contribution is 2.20. The molecular weight excluding hydrogens is 327 g/mol. The smallest absolute Gasteiger partial charge is 0.336 e. The first-order valence-corrected chi connectivity index (χ1v) is 6.85. The Labute approximate surface area is 136 Å². The van der Waals surface area contributed by atoms with E-state index in [9.17, 15) is 9.59 Å². The van der Waals surface area contributed by atoms with Crippen molar-refractivity contribution in [3.63, 3.8) is 0 Å². The monoisotopic (exact) mass is 336 g/mol. The maximum Gasteiger partial charge on any atom is 0.336 e. The molecule has 0 atom stereocenters. The van der Waals surface area contributed by atoms with Crippen LogP contribution in [0.2, 0.25) is 10.0 Å². The zero-order valence-corrected chi connectivity index (χ0v) is 12.6. The molecular formula is C15H10Cl2N2O3. The molecule has 0 radical (unpaired) electrons. The van der Waals surface area contributed by atoms with Crippen LogP contribution < -0.4 is 5.43 Å². The van der Waals surface area contributed by atoms with E-state index >= 15 is 0 Å². The maximum absolute atomic E-state index is 11.9. The molecule has 0 heterocycles. The van der Waals surface area contributed by atoms with Crippen LogP contribution in [-0.2, 0) is 0 Å². The number of nitrogens with zero attached hydrogens (tertiary/aromatic N) is 1. The maximum atomic E-state index is 11.9. The van der Waals surface area contributed by atoms with Gasteiger partial charge in [0.05, 0.1) is 22.4 Å². The molecule has 0 fully saturated rings. The van der Waals surface area contributed by atoms with Gasteiger partial charge in [0.25, 0.3) is 5.91 Å². The number of hydrazone groups is 1. The highest BCUT2D eigenvalue weighted by molar-refractivity contribution is 6.36. The molecule has 5 nitrogen and oxygen atoms in total. The van der Waals surface area contributed by atoms with Crippen LogP contribution in [0.1, 0.15) is 26.3 Å². The zero-order valence-electron chi connectivity index (χ0n) is 11.1. The van der Waals surface area contributed by atoms with E-state index in [0.717, 1.165) is 0 Å². The summed E-state index contributed by atoms with van der Waals surface area (Å²) in [5.74, 6) is -1.60. The summed E-state index contributed by atoms with van der Waals surface area (Å²) >= 11 is 11.7. The number of hydrogen-bond donors (Lipinski definition) is 2. The summed E-state index contributed by atoms with van der Waals surface area (Å²) in [6.45, 7) is 0. The molecule has 0 aliphatic rings.